The van der Waals surface area contributed by atoms with Crippen LogP contribution < -0.4 is 0 Å². The smallest absolute Gasteiger partial charge is 0.335 e. The van der Waals surface area contributed by atoms with Gasteiger partial charge in [-0.3, -0.25) is 0 Å². The molecular formula is C10H8O2S2. The van der Waals surface area contributed by atoms with Crippen LogP contribution in [-0.2, 0) is 0 Å². The minimum Gasteiger partial charge on any atom is -0.478 e. The van der Waals surface area contributed by atoms with Crippen molar-refractivity contribution in [2.75, 3.05) is 0 Å². The Labute approximate surface area is 90.6 Å². The van der Waals surface area contributed by atoms with Gasteiger partial charge < -0.3 is 5.11 Å². The molecule has 2 rings (SSSR count). The molecule has 0 aliphatic rings. The number of thiophene rings is 1. The van der Waals surface area contributed by atoms with E-state index >= 15 is 0 Å². The topological polar surface area (TPSA) is 37.3 Å². The van der Waals surface area contributed by atoms with Crippen LogP contribution in [0.2, 0.25) is 0 Å². The monoisotopic (exact) mass is 224 g/mol. The maximum Gasteiger partial charge on any atom is 0.335 e. The molecule has 1 aromatic heterocycles. The molecule has 0 bridgehead atoms. The maximum absolute atomic E-state index is 10.8. The molecule has 0 saturated heterocycles. The van der Waals surface area contributed by atoms with Crippen LogP contribution in [0, 0.1) is 6.92 Å². The summed E-state index contributed by atoms with van der Waals surface area (Å²) in [5, 5.41) is 9.95. The Morgan fingerprint density at radius 1 is 1.43 bits per heavy atom. The van der Waals surface area contributed by atoms with Crippen LogP contribution in [0.3, 0.4) is 0 Å². The van der Waals surface area contributed by atoms with Crippen molar-refractivity contribution >= 4 is 40.0 Å². The van der Waals surface area contributed by atoms with Gasteiger partial charge in [0.15, 0.2) is 0 Å². The Kier molecular flexibility index (Phi) is 2.25. The number of aryl methyl sites for hydroxylation is 1. The van der Waals surface area contributed by atoms with E-state index in [1.54, 1.807) is 12.1 Å². The van der Waals surface area contributed by atoms with Gasteiger partial charge in [-0.25, -0.2) is 4.79 Å². The van der Waals surface area contributed by atoms with Crippen molar-refractivity contribution in [2.24, 2.45) is 0 Å². The third kappa shape index (κ3) is 1.51. The number of fused-ring (bicyclic) bond motifs is 1. The molecule has 1 N–H and O–H groups in total. The molecule has 0 atom stereocenters. The molecule has 0 aliphatic heterocycles. The molecule has 4 heteroatoms. The van der Waals surface area contributed by atoms with Crippen molar-refractivity contribution in [3.63, 3.8) is 0 Å². The number of carbonyl (C=O) groups is 1. The minimum absolute atomic E-state index is 0.338. The van der Waals surface area contributed by atoms with Gasteiger partial charge in [-0.1, -0.05) is 0 Å². The zero-order chi connectivity index (χ0) is 10.3. The van der Waals surface area contributed by atoms with E-state index in [0.29, 0.717) is 5.56 Å². The predicted octanol–water partition coefficient (Wildman–Crippen LogP) is 3.20. The van der Waals surface area contributed by atoms with Crippen molar-refractivity contribution in [1.29, 1.82) is 0 Å². The zero-order valence-electron chi connectivity index (χ0n) is 7.44. The second-order valence-corrected chi connectivity index (χ2v) is 4.96. The van der Waals surface area contributed by atoms with Gasteiger partial charge in [0.2, 0.25) is 0 Å². The summed E-state index contributed by atoms with van der Waals surface area (Å²) in [6.45, 7) is 1.91. The van der Waals surface area contributed by atoms with Crippen molar-refractivity contribution < 1.29 is 9.90 Å². The molecule has 2 nitrogen and oxygen atoms in total. The molecule has 0 saturated carbocycles. The zero-order valence-corrected chi connectivity index (χ0v) is 9.15. The number of hydrogen-bond donors (Lipinski definition) is 2. The summed E-state index contributed by atoms with van der Waals surface area (Å²) in [5.74, 6) is -0.885. The summed E-state index contributed by atoms with van der Waals surface area (Å²) in [4.78, 5) is 10.8. The lowest BCUT2D eigenvalue weighted by molar-refractivity contribution is 0.0697. The highest BCUT2D eigenvalue weighted by atomic mass is 32.2. The Hall–Kier alpha value is -1.000. The third-order valence-corrected chi connectivity index (χ3v) is 3.37. The third-order valence-electron chi connectivity index (χ3n) is 2.08. The Morgan fingerprint density at radius 3 is 2.79 bits per heavy atom. The lowest BCUT2D eigenvalue weighted by Crippen LogP contribution is -1.95. The molecule has 72 valence electrons. The summed E-state index contributed by atoms with van der Waals surface area (Å²) in [7, 11) is 0. The summed E-state index contributed by atoms with van der Waals surface area (Å²) >= 11 is 5.75. The van der Waals surface area contributed by atoms with Crippen LogP contribution in [0.4, 0.5) is 0 Å². The van der Waals surface area contributed by atoms with Crippen molar-refractivity contribution in [3.05, 3.63) is 29.3 Å². The van der Waals surface area contributed by atoms with Gasteiger partial charge in [0, 0.05) is 4.70 Å². The highest BCUT2D eigenvalue weighted by Gasteiger charge is 2.08. The van der Waals surface area contributed by atoms with Crippen LogP contribution in [0.25, 0.3) is 10.1 Å². The first-order valence-corrected chi connectivity index (χ1v) is 5.31. The molecule has 0 spiro atoms. The molecule has 1 aromatic carbocycles. The van der Waals surface area contributed by atoms with E-state index in [0.717, 1.165) is 19.9 Å². The van der Waals surface area contributed by atoms with E-state index in [2.05, 4.69) is 12.6 Å². The van der Waals surface area contributed by atoms with Crippen LogP contribution in [-0.4, -0.2) is 11.1 Å². The number of benzene rings is 1. The largest absolute Gasteiger partial charge is 0.478 e. The van der Waals surface area contributed by atoms with E-state index in [1.807, 2.05) is 13.0 Å². The Morgan fingerprint density at radius 2 is 2.14 bits per heavy atom. The van der Waals surface area contributed by atoms with Crippen molar-refractivity contribution in [2.45, 2.75) is 11.1 Å². The first-order valence-electron chi connectivity index (χ1n) is 4.04. The fourth-order valence-electron chi connectivity index (χ4n) is 1.42. The second-order valence-electron chi connectivity index (χ2n) is 3.09. The van der Waals surface area contributed by atoms with Gasteiger partial charge in [-0.05, 0) is 36.1 Å². The lowest BCUT2D eigenvalue weighted by Gasteiger charge is -1.98. The number of hydrogen-bond acceptors (Lipinski definition) is 3. The number of thiol groups is 1. The molecule has 2 aromatic rings. The van der Waals surface area contributed by atoms with Crippen LogP contribution >= 0.6 is 24.0 Å². The van der Waals surface area contributed by atoms with Gasteiger partial charge in [-0.2, -0.15) is 0 Å². The number of aromatic carboxylic acids is 1. The Bertz CT molecular complexity index is 514. The normalized spacial score (nSPS) is 10.7. The minimum atomic E-state index is -0.885. The second kappa shape index (κ2) is 3.29. The fourth-order valence-corrected chi connectivity index (χ4v) is 2.77. The molecule has 1 heterocycles. The molecule has 0 amide bonds. The first kappa shape index (κ1) is 9.55. The van der Waals surface area contributed by atoms with Gasteiger partial charge in [0.05, 0.1) is 9.77 Å². The molecule has 14 heavy (non-hydrogen) atoms. The van der Waals surface area contributed by atoms with E-state index in [4.69, 9.17) is 5.11 Å². The lowest BCUT2D eigenvalue weighted by atomic mass is 10.1. The van der Waals surface area contributed by atoms with E-state index < -0.39 is 5.97 Å². The van der Waals surface area contributed by atoms with Crippen molar-refractivity contribution in [3.8, 4) is 0 Å². The van der Waals surface area contributed by atoms with E-state index in [9.17, 15) is 4.79 Å². The average molecular weight is 224 g/mol. The predicted molar refractivity (Wildman–Crippen MR) is 60.8 cm³/mol. The average Bonchev–Trinajstić information content (AvgIpc) is 2.45. The van der Waals surface area contributed by atoms with Gasteiger partial charge >= 0.3 is 5.97 Å². The van der Waals surface area contributed by atoms with E-state index in [1.165, 1.54) is 11.3 Å². The number of carboxylic acids is 1. The number of carboxylic acid groups (broad SMARTS) is 1. The van der Waals surface area contributed by atoms with Gasteiger partial charge in [0.25, 0.3) is 0 Å². The number of rotatable bonds is 1. The molecule has 0 fully saturated rings. The molecular weight excluding hydrogens is 216 g/mol. The Balaban J connectivity index is 2.77. The quantitative estimate of drug-likeness (QED) is 0.730. The van der Waals surface area contributed by atoms with Crippen molar-refractivity contribution in [1.82, 2.24) is 0 Å². The fraction of sp³-hybridized carbons (Fsp3) is 0.100. The highest BCUT2D eigenvalue weighted by Crippen LogP contribution is 2.31. The highest BCUT2D eigenvalue weighted by molar-refractivity contribution is 7.83. The van der Waals surface area contributed by atoms with Gasteiger partial charge in [-0.15, -0.1) is 24.0 Å². The standard InChI is InChI=1S/C10H8O2S2/c1-5-2-6(10(11)12)3-8-7(5)4-9(13)14-8/h2-4,13H,1H3,(H,11,12). The van der Waals surface area contributed by atoms with Crippen LogP contribution in [0.5, 0.6) is 0 Å². The van der Waals surface area contributed by atoms with Gasteiger partial charge in [0.1, 0.15) is 0 Å². The molecule has 0 unspecified atom stereocenters. The summed E-state index contributed by atoms with van der Waals surface area (Å²) in [6.07, 6.45) is 0. The first-order chi connectivity index (χ1) is 6.58. The summed E-state index contributed by atoms with van der Waals surface area (Å²) in [5.41, 5.74) is 1.32. The van der Waals surface area contributed by atoms with Crippen LogP contribution in [0.1, 0.15) is 15.9 Å². The van der Waals surface area contributed by atoms with Crippen LogP contribution in [0.15, 0.2) is 22.4 Å². The maximum atomic E-state index is 10.8. The summed E-state index contributed by atoms with van der Waals surface area (Å²) < 4.78 is 1.89. The summed E-state index contributed by atoms with van der Waals surface area (Å²) in [6, 6.07) is 5.34. The molecule has 0 radical (unpaired) electrons. The SMILES string of the molecule is Cc1cc(C(=O)O)cc2sc(S)cc12. The molecule has 0 aliphatic carbocycles. The van der Waals surface area contributed by atoms with E-state index in [-0.39, 0.29) is 0 Å².